The number of nitrogens with zero attached hydrogens (tertiary/aromatic N) is 2. The maximum absolute atomic E-state index is 12.2. The van der Waals surface area contributed by atoms with E-state index in [9.17, 15) is 9.59 Å². The summed E-state index contributed by atoms with van der Waals surface area (Å²) in [5.74, 6) is 0.273. The molecule has 0 aromatic carbocycles. The van der Waals surface area contributed by atoms with Crippen LogP contribution in [0.1, 0.15) is 27.7 Å². The lowest BCUT2D eigenvalue weighted by Gasteiger charge is -2.38. The summed E-state index contributed by atoms with van der Waals surface area (Å²) >= 11 is 0. The highest BCUT2D eigenvalue weighted by molar-refractivity contribution is 5.83. The number of carbonyl (C=O) groups is 2. The van der Waals surface area contributed by atoms with E-state index in [0.29, 0.717) is 32.7 Å². The standard InChI is InChI=1S/C13H25N3O2/c1-10(2)11(17)15-5-7-16(8-6-15)12(18)13(3,4)9-14/h10H,5-9,14H2,1-4H3. The molecule has 0 aromatic rings. The molecule has 0 aromatic heterocycles. The van der Waals surface area contributed by atoms with Gasteiger partial charge in [-0.15, -0.1) is 0 Å². The molecule has 0 aliphatic carbocycles. The third-order valence-corrected chi connectivity index (χ3v) is 3.46. The van der Waals surface area contributed by atoms with Crippen molar-refractivity contribution in [3.05, 3.63) is 0 Å². The molecular formula is C13H25N3O2. The van der Waals surface area contributed by atoms with E-state index >= 15 is 0 Å². The van der Waals surface area contributed by atoms with Crippen molar-refractivity contribution in [1.29, 1.82) is 0 Å². The van der Waals surface area contributed by atoms with Crippen molar-refractivity contribution in [2.24, 2.45) is 17.1 Å². The van der Waals surface area contributed by atoms with E-state index in [-0.39, 0.29) is 17.7 Å². The second-order valence-corrected chi connectivity index (χ2v) is 5.86. The lowest BCUT2D eigenvalue weighted by atomic mass is 9.91. The van der Waals surface area contributed by atoms with Gasteiger partial charge in [-0.05, 0) is 13.8 Å². The minimum absolute atomic E-state index is 0.0211. The molecule has 18 heavy (non-hydrogen) atoms. The van der Waals surface area contributed by atoms with Gasteiger partial charge in [0.2, 0.25) is 11.8 Å². The Labute approximate surface area is 109 Å². The van der Waals surface area contributed by atoms with Gasteiger partial charge in [-0.25, -0.2) is 0 Å². The van der Waals surface area contributed by atoms with Crippen LogP contribution in [0.4, 0.5) is 0 Å². The van der Waals surface area contributed by atoms with Gasteiger partial charge in [0, 0.05) is 38.6 Å². The Hall–Kier alpha value is -1.10. The van der Waals surface area contributed by atoms with E-state index in [1.165, 1.54) is 0 Å². The highest BCUT2D eigenvalue weighted by Gasteiger charge is 2.33. The SMILES string of the molecule is CC(C)C(=O)N1CCN(C(=O)C(C)(C)CN)CC1. The summed E-state index contributed by atoms with van der Waals surface area (Å²) in [7, 11) is 0. The second-order valence-electron chi connectivity index (χ2n) is 5.86. The molecule has 0 unspecified atom stereocenters. The Morgan fingerprint density at radius 3 is 1.94 bits per heavy atom. The molecule has 2 amide bonds. The number of piperazine rings is 1. The van der Waals surface area contributed by atoms with Gasteiger partial charge >= 0.3 is 0 Å². The van der Waals surface area contributed by atoms with Gasteiger partial charge in [0.25, 0.3) is 0 Å². The zero-order chi connectivity index (χ0) is 13.9. The van der Waals surface area contributed by atoms with E-state index in [2.05, 4.69) is 0 Å². The third kappa shape index (κ3) is 3.22. The summed E-state index contributed by atoms with van der Waals surface area (Å²) < 4.78 is 0. The molecule has 5 heteroatoms. The minimum Gasteiger partial charge on any atom is -0.339 e. The number of hydrogen-bond donors (Lipinski definition) is 1. The highest BCUT2D eigenvalue weighted by Crippen LogP contribution is 2.18. The van der Waals surface area contributed by atoms with Crippen molar-refractivity contribution in [1.82, 2.24) is 9.80 Å². The summed E-state index contributed by atoms with van der Waals surface area (Å²) in [6, 6.07) is 0. The van der Waals surface area contributed by atoms with Gasteiger partial charge in [0.1, 0.15) is 0 Å². The average Bonchev–Trinajstić information content (AvgIpc) is 2.37. The van der Waals surface area contributed by atoms with E-state index in [4.69, 9.17) is 5.73 Å². The normalized spacial score (nSPS) is 17.2. The zero-order valence-corrected chi connectivity index (χ0v) is 11.9. The molecule has 1 saturated heterocycles. The Kier molecular flexibility index (Phi) is 4.73. The lowest BCUT2D eigenvalue weighted by Crippen LogP contribution is -2.55. The fraction of sp³-hybridized carbons (Fsp3) is 0.846. The first-order valence-electron chi connectivity index (χ1n) is 6.58. The zero-order valence-electron chi connectivity index (χ0n) is 11.9. The summed E-state index contributed by atoms with van der Waals surface area (Å²) in [5, 5.41) is 0. The van der Waals surface area contributed by atoms with Gasteiger partial charge < -0.3 is 15.5 Å². The van der Waals surface area contributed by atoms with Crippen LogP contribution in [-0.4, -0.2) is 54.3 Å². The molecule has 1 aliphatic rings. The summed E-state index contributed by atoms with van der Waals surface area (Å²) in [6.07, 6.45) is 0. The molecule has 0 atom stereocenters. The van der Waals surface area contributed by atoms with E-state index in [0.717, 1.165) is 0 Å². The van der Waals surface area contributed by atoms with Crippen LogP contribution in [0.15, 0.2) is 0 Å². The predicted molar refractivity (Wildman–Crippen MR) is 70.8 cm³/mol. The van der Waals surface area contributed by atoms with Crippen molar-refractivity contribution in [2.75, 3.05) is 32.7 Å². The summed E-state index contributed by atoms with van der Waals surface area (Å²) in [6.45, 7) is 10.3. The van der Waals surface area contributed by atoms with Crippen LogP contribution >= 0.6 is 0 Å². The molecule has 1 heterocycles. The van der Waals surface area contributed by atoms with Gasteiger partial charge in [-0.1, -0.05) is 13.8 Å². The number of carbonyl (C=O) groups excluding carboxylic acids is 2. The highest BCUT2D eigenvalue weighted by atomic mass is 16.2. The molecular weight excluding hydrogens is 230 g/mol. The topological polar surface area (TPSA) is 66.6 Å². The molecule has 1 aliphatic heterocycles. The van der Waals surface area contributed by atoms with Crippen LogP contribution in [0.2, 0.25) is 0 Å². The van der Waals surface area contributed by atoms with Gasteiger partial charge in [0.15, 0.2) is 0 Å². The predicted octanol–water partition coefficient (Wildman–Crippen LogP) is 0.298. The Balaban J connectivity index is 2.54. The monoisotopic (exact) mass is 255 g/mol. The number of hydrogen-bond acceptors (Lipinski definition) is 3. The van der Waals surface area contributed by atoms with Gasteiger partial charge in [-0.3, -0.25) is 9.59 Å². The lowest BCUT2D eigenvalue weighted by molar-refractivity contribution is -0.146. The fourth-order valence-electron chi connectivity index (χ4n) is 2.01. The van der Waals surface area contributed by atoms with E-state index < -0.39 is 5.41 Å². The Morgan fingerprint density at radius 2 is 1.56 bits per heavy atom. The van der Waals surface area contributed by atoms with E-state index in [1.807, 2.05) is 37.5 Å². The molecule has 0 spiro atoms. The third-order valence-electron chi connectivity index (χ3n) is 3.46. The first-order chi connectivity index (χ1) is 8.29. The van der Waals surface area contributed by atoms with Crippen molar-refractivity contribution >= 4 is 11.8 Å². The summed E-state index contributed by atoms with van der Waals surface area (Å²) in [5.41, 5.74) is 5.11. The average molecular weight is 255 g/mol. The number of amides is 2. The van der Waals surface area contributed by atoms with Crippen molar-refractivity contribution in [3.8, 4) is 0 Å². The maximum atomic E-state index is 12.2. The molecule has 1 fully saturated rings. The van der Waals surface area contributed by atoms with Gasteiger partial charge in [-0.2, -0.15) is 0 Å². The number of rotatable bonds is 3. The van der Waals surface area contributed by atoms with Crippen LogP contribution in [0.3, 0.4) is 0 Å². The van der Waals surface area contributed by atoms with Crippen molar-refractivity contribution in [3.63, 3.8) is 0 Å². The second kappa shape index (κ2) is 5.69. The Morgan fingerprint density at radius 1 is 1.11 bits per heavy atom. The molecule has 104 valence electrons. The summed E-state index contributed by atoms with van der Waals surface area (Å²) in [4.78, 5) is 27.7. The first kappa shape index (κ1) is 15.0. The smallest absolute Gasteiger partial charge is 0.229 e. The van der Waals surface area contributed by atoms with Gasteiger partial charge in [0.05, 0.1) is 5.41 Å². The van der Waals surface area contributed by atoms with Crippen molar-refractivity contribution in [2.45, 2.75) is 27.7 Å². The molecule has 2 N–H and O–H groups in total. The van der Waals surface area contributed by atoms with Crippen LogP contribution in [0.25, 0.3) is 0 Å². The first-order valence-corrected chi connectivity index (χ1v) is 6.58. The fourth-order valence-corrected chi connectivity index (χ4v) is 2.01. The van der Waals surface area contributed by atoms with Crippen LogP contribution in [0.5, 0.6) is 0 Å². The minimum atomic E-state index is -0.510. The van der Waals surface area contributed by atoms with Crippen molar-refractivity contribution < 1.29 is 9.59 Å². The largest absolute Gasteiger partial charge is 0.339 e. The van der Waals surface area contributed by atoms with Crippen LogP contribution in [-0.2, 0) is 9.59 Å². The molecule has 0 bridgehead atoms. The van der Waals surface area contributed by atoms with Crippen LogP contribution < -0.4 is 5.73 Å². The molecule has 5 nitrogen and oxygen atoms in total. The number of nitrogens with two attached hydrogens (primary N) is 1. The molecule has 0 radical (unpaired) electrons. The quantitative estimate of drug-likeness (QED) is 0.788. The molecule has 0 saturated carbocycles. The maximum Gasteiger partial charge on any atom is 0.229 e. The van der Waals surface area contributed by atoms with E-state index in [1.54, 1.807) is 0 Å². The molecule has 1 rings (SSSR count). The van der Waals surface area contributed by atoms with Crippen LogP contribution in [0, 0.1) is 11.3 Å². The Bertz CT molecular complexity index is 318.